The summed E-state index contributed by atoms with van der Waals surface area (Å²) in [6.07, 6.45) is 0. The normalized spacial score (nSPS) is 13.0. The maximum absolute atomic E-state index is 12.1. The molecule has 1 rings (SSSR count). The molecule has 0 spiro atoms. The summed E-state index contributed by atoms with van der Waals surface area (Å²) in [5.41, 5.74) is -2.17. The van der Waals surface area contributed by atoms with Crippen molar-refractivity contribution in [1.82, 2.24) is 9.80 Å². The van der Waals surface area contributed by atoms with Gasteiger partial charge in [0.25, 0.3) is 5.69 Å². The van der Waals surface area contributed by atoms with Crippen LogP contribution in [0.4, 0.5) is 5.69 Å². The molecule has 0 amide bonds. The molecule has 1 atom stereocenters. The third kappa shape index (κ3) is 6.49. The fourth-order valence-corrected chi connectivity index (χ4v) is 2.83. The van der Waals surface area contributed by atoms with Crippen LogP contribution in [0, 0.1) is 10.1 Å². The Morgan fingerprint density at radius 3 is 1.73 bits per heavy atom. The van der Waals surface area contributed by atoms with Gasteiger partial charge in [-0.3, -0.25) is 34.3 Å². The molecular weight excluding hydrogens is 406 g/mol. The average Bonchev–Trinajstić information content (AvgIpc) is 2.62. The minimum Gasteiger partial charge on any atom is -0.480 e. The first-order chi connectivity index (χ1) is 13.9. The van der Waals surface area contributed by atoms with Gasteiger partial charge in [-0.05, 0) is 24.6 Å². The third-order valence-electron chi connectivity index (χ3n) is 4.42. The molecule has 1 aromatic rings. The Labute approximate surface area is 169 Å². The van der Waals surface area contributed by atoms with E-state index in [2.05, 4.69) is 0 Å². The number of nitro groups is 1. The third-order valence-corrected chi connectivity index (χ3v) is 4.42. The Balaban J connectivity index is 3.26. The van der Waals surface area contributed by atoms with Crippen molar-refractivity contribution in [3.63, 3.8) is 0 Å². The van der Waals surface area contributed by atoms with Crippen LogP contribution in [0.25, 0.3) is 0 Å². The first kappa shape index (κ1) is 24.5. The summed E-state index contributed by atoms with van der Waals surface area (Å²) in [6, 6.07) is 4.54. The summed E-state index contributed by atoms with van der Waals surface area (Å²) in [5, 5.41) is 47.7. The van der Waals surface area contributed by atoms with E-state index in [0.717, 1.165) is 21.9 Å². The van der Waals surface area contributed by atoms with Crippen LogP contribution < -0.4 is 0 Å². The zero-order valence-electron chi connectivity index (χ0n) is 15.9. The van der Waals surface area contributed by atoms with E-state index < -0.39 is 54.0 Å². The predicted octanol–water partition coefficient (Wildman–Crippen LogP) is -0.248. The van der Waals surface area contributed by atoms with Gasteiger partial charge in [0.05, 0.1) is 24.6 Å². The number of carbonyl (C=O) groups is 4. The van der Waals surface area contributed by atoms with Gasteiger partial charge in [0.15, 0.2) is 0 Å². The maximum atomic E-state index is 12.1. The Hall–Kier alpha value is -3.58. The quantitative estimate of drug-likeness (QED) is 0.238. The zero-order chi connectivity index (χ0) is 23.1. The lowest BCUT2D eigenvalue weighted by Crippen LogP contribution is -2.54. The van der Waals surface area contributed by atoms with Gasteiger partial charge in [-0.25, -0.2) is 4.79 Å². The Morgan fingerprint density at radius 2 is 1.37 bits per heavy atom. The lowest BCUT2D eigenvalue weighted by atomic mass is 9.89. The molecule has 0 aliphatic rings. The largest absolute Gasteiger partial charge is 0.480 e. The van der Waals surface area contributed by atoms with Crippen LogP contribution in [0.2, 0.25) is 0 Å². The van der Waals surface area contributed by atoms with Gasteiger partial charge in [-0.1, -0.05) is 0 Å². The zero-order valence-corrected chi connectivity index (χ0v) is 15.9. The van der Waals surface area contributed by atoms with E-state index in [4.69, 9.17) is 10.2 Å². The van der Waals surface area contributed by atoms with Crippen LogP contribution in [-0.4, -0.2) is 91.8 Å². The Bertz CT molecular complexity index is 810. The molecule has 30 heavy (non-hydrogen) atoms. The molecule has 13 nitrogen and oxygen atoms in total. The monoisotopic (exact) mass is 427 g/mol. The molecule has 0 radical (unpaired) electrons. The molecule has 0 bridgehead atoms. The molecule has 0 fully saturated rings. The van der Waals surface area contributed by atoms with E-state index in [-0.39, 0.29) is 24.3 Å². The van der Waals surface area contributed by atoms with Gasteiger partial charge >= 0.3 is 23.9 Å². The average molecular weight is 427 g/mol. The van der Waals surface area contributed by atoms with E-state index in [1.165, 1.54) is 19.1 Å². The standard InChI is InChI=1S/C17H21N3O10/c1-17(16(27)28,11-2-4-12(5-3-11)20(29)30)19(10-15(25)26)7-6-18(8-13(21)22)9-14(23)24/h2-5H,6-10H2,1H3,(H,21,22)(H,23,24)(H,25,26)(H,27,28). The summed E-state index contributed by atoms with van der Waals surface area (Å²) >= 11 is 0. The molecule has 1 unspecified atom stereocenters. The molecule has 13 heteroatoms. The lowest BCUT2D eigenvalue weighted by Gasteiger charge is -2.38. The van der Waals surface area contributed by atoms with Crippen LogP contribution in [0.15, 0.2) is 24.3 Å². The Kier molecular flexibility index (Phi) is 8.37. The van der Waals surface area contributed by atoms with E-state index >= 15 is 0 Å². The van der Waals surface area contributed by atoms with Crippen molar-refractivity contribution in [2.45, 2.75) is 12.5 Å². The summed E-state index contributed by atoms with van der Waals surface area (Å²) in [6.45, 7) is -1.39. The second kappa shape index (κ2) is 10.3. The van der Waals surface area contributed by atoms with Crippen LogP contribution in [0.3, 0.4) is 0 Å². The smallest absolute Gasteiger partial charge is 0.328 e. The van der Waals surface area contributed by atoms with Gasteiger partial charge in [-0.15, -0.1) is 0 Å². The summed E-state index contributed by atoms with van der Waals surface area (Å²) in [4.78, 5) is 57.5. The molecular formula is C17H21N3O10. The number of non-ortho nitro benzene ring substituents is 1. The van der Waals surface area contributed by atoms with E-state index in [0.29, 0.717) is 0 Å². The van der Waals surface area contributed by atoms with Crippen molar-refractivity contribution < 1.29 is 44.5 Å². The molecule has 0 aliphatic heterocycles. The number of nitro benzene ring substituents is 1. The predicted molar refractivity (Wildman–Crippen MR) is 99.0 cm³/mol. The molecule has 0 saturated carbocycles. The van der Waals surface area contributed by atoms with E-state index in [1.54, 1.807) is 0 Å². The van der Waals surface area contributed by atoms with Crippen LogP contribution in [0.1, 0.15) is 12.5 Å². The molecule has 0 saturated heterocycles. The van der Waals surface area contributed by atoms with Crippen molar-refractivity contribution in [3.05, 3.63) is 39.9 Å². The number of rotatable bonds is 13. The molecule has 164 valence electrons. The number of nitrogens with zero attached hydrogens (tertiary/aromatic N) is 3. The van der Waals surface area contributed by atoms with Crippen molar-refractivity contribution in [2.75, 3.05) is 32.7 Å². The van der Waals surface area contributed by atoms with Crippen LogP contribution in [0.5, 0.6) is 0 Å². The number of hydrogen-bond donors (Lipinski definition) is 4. The molecule has 0 heterocycles. The van der Waals surface area contributed by atoms with Gasteiger partial charge < -0.3 is 20.4 Å². The fraction of sp³-hybridized carbons (Fsp3) is 0.412. The topological polar surface area (TPSA) is 199 Å². The van der Waals surface area contributed by atoms with Crippen molar-refractivity contribution >= 4 is 29.6 Å². The lowest BCUT2D eigenvalue weighted by molar-refractivity contribution is -0.384. The van der Waals surface area contributed by atoms with Gasteiger partial charge in [0.2, 0.25) is 0 Å². The molecule has 4 N–H and O–H groups in total. The second-order valence-corrected chi connectivity index (χ2v) is 6.49. The fourth-order valence-electron chi connectivity index (χ4n) is 2.83. The second-order valence-electron chi connectivity index (χ2n) is 6.49. The van der Waals surface area contributed by atoms with Crippen molar-refractivity contribution in [2.24, 2.45) is 0 Å². The van der Waals surface area contributed by atoms with Gasteiger partial charge in [0, 0.05) is 25.2 Å². The highest BCUT2D eigenvalue weighted by Crippen LogP contribution is 2.30. The number of carboxylic acids is 4. The highest BCUT2D eigenvalue weighted by Gasteiger charge is 2.42. The number of carboxylic acid groups (broad SMARTS) is 4. The highest BCUT2D eigenvalue weighted by atomic mass is 16.6. The van der Waals surface area contributed by atoms with E-state index in [1.807, 2.05) is 0 Å². The van der Waals surface area contributed by atoms with Crippen molar-refractivity contribution in [3.8, 4) is 0 Å². The molecule has 1 aromatic carbocycles. The van der Waals surface area contributed by atoms with Gasteiger partial charge in [0.1, 0.15) is 5.54 Å². The minimum atomic E-state index is -1.94. The Morgan fingerprint density at radius 1 is 0.900 bits per heavy atom. The number of hydrogen-bond acceptors (Lipinski definition) is 8. The highest BCUT2D eigenvalue weighted by molar-refractivity contribution is 5.81. The van der Waals surface area contributed by atoms with Crippen LogP contribution >= 0.6 is 0 Å². The molecule has 0 aromatic heterocycles. The number of aliphatic carboxylic acids is 4. The van der Waals surface area contributed by atoms with Crippen LogP contribution in [-0.2, 0) is 24.7 Å². The SMILES string of the molecule is CC(C(=O)O)(c1ccc([N+](=O)[O-])cc1)N(CCN(CC(=O)O)CC(=O)O)CC(=O)O. The van der Waals surface area contributed by atoms with Gasteiger partial charge in [-0.2, -0.15) is 0 Å². The minimum absolute atomic E-state index is 0.0601. The molecule has 0 aliphatic carbocycles. The summed E-state index contributed by atoms with van der Waals surface area (Å²) in [7, 11) is 0. The number of benzene rings is 1. The van der Waals surface area contributed by atoms with Crippen molar-refractivity contribution in [1.29, 1.82) is 0 Å². The first-order valence-corrected chi connectivity index (χ1v) is 8.49. The van der Waals surface area contributed by atoms with E-state index in [9.17, 15) is 39.5 Å². The summed E-state index contributed by atoms with van der Waals surface area (Å²) in [5.74, 6) is -5.43. The summed E-state index contributed by atoms with van der Waals surface area (Å²) < 4.78 is 0. The maximum Gasteiger partial charge on any atom is 0.328 e. The first-order valence-electron chi connectivity index (χ1n) is 8.49.